The second-order valence-corrected chi connectivity index (χ2v) is 6.50. The number of aryl methyl sites for hydroxylation is 3. The molecule has 6 nitrogen and oxygen atoms in total. The van der Waals surface area contributed by atoms with Crippen molar-refractivity contribution in [1.29, 1.82) is 0 Å². The maximum absolute atomic E-state index is 5.17. The SMILES string of the molecule is CCc1cnc(CCNC(=NC)NCCc2c(C)noc2C)s1. The van der Waals surface area contributed by atoms with Crippen molar-refractivity contribution in [3.05, 3.63) is 33.1 Å². The Morgan fingerprint density at radius 3 is 2.57 bits per heavy atom. The Kier molecular flexibility index (Phi) is 6.58. The van der Waals surface area contributed by atoms with Crippen LogP contribution in [0.3, 0.4) is 0 Å². The zero-order valence-electron chi connectivity index (χ0n) is 14.3. The first-order valence-electron chi connectivity index (χ1n) is 7.93. The average Bonchev–Trinajstić information content (AvgIpc) is 3.14. The van der Waals surface area contributed by atoms with Crippen LogP contribution in [0.2, 0.25) is 0 Å². The molecule has 2 aromatic heterocycles. The van der Waals surface area contributed by atoms with Crippen molar-refractivity contribution >= 4 is 17.3 Å². The van der Waals surface area contributed by atoms with E-state index in [1.807, 2.05) is 20.0 Å². The van der Waals surface area contributed by atoms with Gasteiger partial charge in [0, 0.05) is 43.2 Å². The van der Waals surface area contributed by atoms with E-state index in [1.165, 1.54) is 15.4 Å². The minimum Gasteiger partial charge on any atom is -0.361 e. The van der Waals surface area contributed by atoms with Gasteiger partial charge in [-0.05, 0) is 26.7 Å². The minimum atomic E-state index is 0.791. The first-order chi connectivity index (χ1) is 11.1. The highest BCUT2D eigenvalue weighted by Crippen LogP contribution is 2.13. The Hall–Kier alpha value is -1.89. The molecule has 0 saturated carbocycles. The van der Waals surface area contributed by atoms with Gasteiger partial charge in [-0.2, -0.15) is 0 Å². The highest BCUT2D eigenvalue weighted by molar-refractivity contribution is 7.11. The molecular weight excluding hydrogens is 310 g/mol. The second-order valence-electron chi connectivity index (χ2n) is 5.30. The standard InChI is InChI=1S/C16H25N5OS/c1-5-13-10-20-15(23-13)7-9-19-16(17-4)18-8-6-14-11(2)21-22-12(14)3/h10H,5-9H2,1-4H3,(H2,17,18,19). The fourth-order valence-electron chi connectivity index (χ4n) is 2.30. The van der Waals surface area contributed by atoms with Gasteiger partial charge < -0.3 is 15.2 Å². The Morgan fingerprint density at radius 2 is 2.00 bits per heavy atom. The summed E-state index contributed by atoms with van der Waals surface area (Å²) in [6.07, 6.45) is 4.80. The van der Waals surface area contributed by atoms with E-state index in [4.69, 9.17) is 4.52 Å². The van der Waals surface area contributed by atoms with Gasteiger partial charge in [0.1, 0.15) is 5.76 Å². The summed E-state index contributed by atoms with van der Waals surface area (Å²) in [5.74, 6) is 1.70. The molecule has 0 radical (unpaired) electrons. The van der Waals surface area contributed by atoms with Gasteiger partial charge in [-0.15, -0.1) is 11.3 Å². The topological polar surface area (TPSA) is 75.3 Å². The molecule has 0 saturated heterocycles. The number of guanidine groups is 1. The average molecular weight is 335 g/mol. The number of thiazole rings is 1. The lowest BCUT2D eigenvalue weighted by Crippen LogP contribution is -2.39. The molecule has 0 bridgehead atoms. The van der Waals surface area contributed by atoms with Crippen LogP contribution in [0.25, 0.3) is 0 Å². The molecule has 2 heterocycles. The first kappa shape index (κ1) is 17.5. The molecule has 7 heteroatoms. The van der Waals surface area contributed by atoms with E-state index in [2.05, 4.69) is 32.7 Å². The molecule has 2 rings (SSSR count). The van der Waals surface area contributed by atoms with Crippen LogP contribution in [0.4, 0.5) is 0 Å². The van der Waals surface area contributed by atoms with Crippen LogP contribution >= 0.6 is 11.3 Å². The van der Waals surface area contributed by atoms with Crippen molar-refractivity contribution in [2.24, 2.45) is 4.99 Å². The Morgan fingerprint density at radius 1 is 1.26 bits per heavy atom. The van der Waals surface area contributed by atoms with Crippen LogP contribution in [-0.2, 0) is 19.3 Å². The normalized spacial score (nSPS) is 11.7. The van der Waals surface area contributed by atoms with Crippen molar-refractivity contribution < 1.29 is 4.52 Å². The molecule has 126 valence electrons. The molecule has 0 aromatic carbocycles. The molecule has 0 atom stereocenters. The van der Waals surface area contributed by atoms with Crippen molar-refractivity contribution in [3.8, 4) is 0 Å². The summed E-state index contributed by atoms with van der Waals surface area (Å²) >= 11 is 1.78. The second kappa shape index (κ2) is 8.67. The van der Waals surface area contributed by atoms with Gasteiger partial charge in [0.15, 0.2) is 5.96 Å². The summed E-state index contributed by atoms with van der Waals surface area (Å²) in [5.41, 5.74) is 2.13. The number of nitrogens with zero attached hydrogens (tertiary/aromatic N) is 3. The van der Waals surface area contributed by atoms with Crippen molar-refractivity contribution in [3.63, 3.8) is 0 Å². The zero-order valence-corrected chi connectivity index (χ0v) is 15.1. The molecule has 0 aliphatic carbocycles. The van der Waals surface area contributed by atoms with Gasteiger partial charge in [-0.1, -0.05) is 12.1 Å². The number of rotatable bonds is 7. The van der Waals surface area contributed by atoms with E-state index >= 15 is 0 Å². The van der Waals surface area contributed by atoms with Crippen LogP contribution in [-0.4, -0.2) is 36.2 Å². The fraction of sp³-hybridized carbons (Fsp3) is 0.562. The smallest absolute Gasteiger partial charge is 0.191 e. The van der Waals surface area contributed by atoms with Gasteiger partial charge in [0.25, 0.3) is 0 Å². The quantitative estimate of drug-likeness (QED) is 0.600. The maximum atomic E-state index is 5.17. The summed E-state index contributed by atoms with van der Waals surface area (Å²) in [6.45, 7) is 7.68. The summed E-state index contributed by atoms with van der Waals surface area (Å²) < 4.78 is 5.17. The van der Waals surface area contributed by atoms with Gasteiger partial charge in [-0.25, -0.2) is 4.98 Å². The number of hydrogen-bond donors (Lipinski definition) is 2. The minimum absolute atomic E-state index is 0.791. The highest BCUT2D eigenvalue weighted by atomic mass is 32.1. The summed E-state index contributed by atoms with van der Waals surface area (Å²) in [6, 6.07) is 0. The van der Waals surface area contributed by atoms with Gasteiger partial charge in [-0.3, -0.25) is 4.99 Å². The fourth-order valence-corrected chi connectivity index (χ4v) is 3.16. The maximum Gasteiger partial charge on any atom is 0.191 e. The van der Waals surface area contributed by atoms with Gasteiger partial charge >= 0.3 is 0 Å². The lowest BCUT2D eigenvalue weighted by Gasteiger charge is -2.11. The Balaban J connectivity index is 1.71. The third kappa shape index (κ3) is 5.06. The van der Waals surface area contributed by atoms with E-state index in [9.17, 15) is 0 Å². The number of aliphatic imine (C=N–C) groups is 1. The molecule has 0 unspecified atom stereocenters. The molecule has 0 aliphatic rings. The third-order valence-electron chi connectivity index (χ3n) is 3.65. The summed E-state index contributed by atoms with van der Waals surface area (Å²) in [4.78, 5) is 10.0. The van der Waals surface area contributed by atoms with E-state index in [0.717, 1.165) is 49.8 Å². The van der Waals surface area contributed by atoms with E-state index < -0.39 is 0 Å². The van der Waals surface area contributed by atoms with Crippen LogP contribution in [0.1, 0.15) is 33.8 Å². The monoisotopic (exact) mass is 335 g/mol. The van der Waals surface area contributed by atoms with Crippen molar-refractivity contribution in [2.75, 3.05) is 20.1 Å². The van der Waals surface area contributed by atoms with Crippen LogP contribution in [0, 0.1) is 13.8 Å². The summed E-state index contributed by atoms with van der Waals surface area (Å²) in [5, 5.41) is 11.8. The van der Waals surface area contributed by atoms with Crippen LogP contribution in [0.5, 0.6) is 0 Å². The van der Waals surface area contributed by atoms with Gasteiger partial charge in [0.2, 0.25) is 0 Å². The molecule has 0 amide bonds. The predicted octanol–water partition coefficient (Wildman–Crippen LogP) is 2.26. The molecule has 2 N–H and O–H groups in total. The molecule has 0 aliphatic heterocycles. The Labute approximate surface area is 141 Å². The van der Waals surface area contributed by atoms with Crippen LogP contribution in [0.15, 0.2) is 15.7 Å². The number of aromatic nitrogens is 2. The van der Waals surface area contributed by atoms with Crippen LogP contribution < -0.4 is 10.6 Å². The molecular formula is C16H25N5OS. The lowest BCUT2D eigenvalue weighted by molar-refractivity contribution is 0.392. The molecule has 23 heavy (non-hydrogen) atoms. The third-order valence-corrected chi connectivity index (χ3v) is 4.85. The van der Waals surface area contributed by atoms with E-state index in [0.29, 0.717) is 0 Å². The lowest BCUT2D eigenvalue weighted by atomic mass is 10.1. The van der Waals surface area contributed by atoms with E-state index in [-0.39, 0.29) is 0 Å². The largest absolute Gasteiger partial charge is 0.361 e. The summed E-state index contributed by atoms with van der Waals surface area (Å²) in [7, 11) is 1.78. The Bertz CT molecular complexity index is 627. The molecule has 0 spiro atoms. The number of nitrogens with one attached hydrogen (secondary N) is 2. The van der Waals surface area contributed by atoms with E-state index in [1.54, 1.807) is 18.4 Å². The predicted molar refractivity (Wildman–Crippen MR) is 94.2 cm³/mol. The zero-order chi connectivity index (χ0) is 16.7. The molecule has 2 aromatic rings. The number of hydrogen-bond acceptors (Lipinski definition) is 5. The van der Waals surface area contributed by atoms with Crippen molar-refractivity contribution in [1.82, 2.24) is 20.8 Å². The van der Waals surface area contributed by atoms with Gasteiger partial charge in [0.05, 0.1) is 10.7 Å². The highest BCUT2D eigenvalue weighted by Gasteiger charge is 2.08. The van der Waals surface area contributed by atoms with Crippen molar-refractivity contribution in [2.45, 2.75) is 40.0 Å². The first-order valence-corrected chi connectivity index (χ1v) is 8.75. The molecule has 0 fully saturated rings.